The van der Waals surface area contributed by atoms with Crippen LogP contribution in [0.3, 0.4) is 0 Å². The summed E-state index contributed by atoms with van der Waals surface area (Å²) in [6.45, 7) is 7.43. The molecule has 0 aliphatic rings. The number of rotatable bonds is 1. The summed E-state index contributed by atoms with van der Waals surface area (Å²) < 4.78 is 2.06. The van der Waals surface area contributed by atoms with E-state index in [1.165, 1.54) is 6.92 Å². The van der Waals surface area contributed by atoms with E-state index in [1.807, 2.05) is 27.9 Å². The molecule has 1 amide bonds. The monoisotopic (exact) mass is 179 g/mol. The summed E-state index contributed by atoms with van der Waals surface area (Å²) >= 11 is 0. The number of carbonyl (C=O) groups excluding carboxylic acids is 1. The van der Waals surface area contributed by atoms with Gasteiger partial charge in [-0.05, 0) is 0 Å². The molecule has 3 nitrogen and oxygen atoms in total. The summed E-state index contributed by atoms with van der Waals surface area (Å²) in [6.07, 6.45) is 3.26. The van der Waals surface area contributed by atoms with Crippen molar-refractivity contribution in [2.45, 2.75) is 34.1 Å². The fourth-order valence-corrected chi connectivity index (χ4v) is 0.365. The summed E-state index contributed by atoms with van der Waals surface area (Å²) in [5.74, 6) is -0.333. The maximum atomic E-state index is 9.22. The van der Waals surface area contributed by atoms with Crippen LogP contribution in [0.2, 0.25) is 0 Å². The minimum Gasteiger partial charge on any atom is -0.370 e. The summed E-state index contributed by atoms with van der Waals surface area (Å²) in [7, 11) is 4.06. The minimum atomic E-state index is -0.333. The summed E-state index contributed by atoms with van der Waals surface area (Å²) in [5, 5.41) is 0. The maximum absolute atomic E-state index is 9.22. The molecule has 74 valence electrons. The predicted molar refractivity (Wildman–Crippen MR) is 54.7 cm³/mol. The molecule has 12 heavy (non-hydrogen) atoms. The molecule has 0 aromatic carbocycles. The molecule has 3 heteroatoms. The van der Waals surface area contributed by atoms with Gasteiger partial charge in [0.15, 0.2) is 0 Å². The van der Waals surface area contributed by atoms with Crippen molar-refractivity contribution in [1.82, 2.24) is 0 Å². The van der Waals surface area contributed by atoms with Crippen molar-refractivity contribution in [3.8, 4) is 0 Å². The third-order valence-corrected chi connectivity index (χ3v) is 0.548. The van der Waals surface area contributed by atoms with Gasteiger partial charge in [-0.2, -0.15) is 0 Å². The van der Waals surface area contributed by atoms with E-state index in [2.05, 4.69) is 23.4 Å². The Morgan fingerprint density at radius 2 is 1.67 bits per heavy atom. The Morgan fingerprint density at radius 1 is 1.42 bits per heavy atom. The smallest absolute Gasteiger partial charge is 0.214 e. The number of amides is 1. The first-order valence-corrected chi connectivity index (χ1v) is 4.26. The van der Waals surface area contributed by atoms with Crippen LogP contribution < -0.4 is 5.73 Å². The molecule has 2 N–H and O–H groups in total. The lowest BCUT2D eigenvalue weighted by atomic mass is 10.7. The molecule has 0 aliphatic heterocycles. The highest BCUT2D eigenvalue weighted by Crippen LogP contribution is 1.61. The third kappa shape index (κ3) is 132. The lowest BCUT2D eigenvalue weighted by molar-refractivity contribution is -0.460. The van der Waals surface area contributed by atoms with E-state index >= 15 is 0 Å². The number of nitrogens with zero attached hydrogens (tertiary/aromatic N) is 1. The van der Waals surface area contributed by atoms with Crippen LogP contribution in [0.5, 0.6) is 0 Å². The van der Waals surface area contributed by atoms with Crippen LogP contribution in [-0.2, 0) is 4.79 Å². The van der Waals surface area contributed by atoms with E-state index < -0.39 is 0 Å². The molecule has 0 aromatic heterocycles. The molecule has 0 fully saturated rings. The molecular formula is C9H23N2O+. The van der Waals surface area contributed by atoms with Crippen molar-refractivity contribution >= 4 is 12.1 Å². The topological polar surface area (TPSA) is 46.1 Å². The van der Waals surface area contributed by atoms with E-state index in [0.717, 1.165) is 6.42 Å². The first kappa shape index (κ1) is 17.3. The number of nitrogens with two attached hydrogens (primary N) is 1. The van der Waals surface area contributed by atoms with Crippen LogP contribution in [-0.4, -0.2) is 30.8 Å². The Morgan fingerprint density at radius 3 is 1.67 bits per heavy atom. The van der Waals surface area contributed by atoms with Gasteiger partial charge in [-0.1, -0.05) is 20.8 Å². The third-order valence-electron chi connectivity index (χ3n) is 0.548. The van der Waals surface area contributed by atoms with E-state index in [4.69, 9.17) is 0 Å². The van der Waals surface area contributed by atoms with Crippen molar-refractivity contribution in [1.29, 1.82) is 0 Å². The predicted octanol–water partition coefficient (Wildman–Crippen LogP) is 1.26. The molecule has 0 aromatic rings. The van der Waals surface area contributed by atoms with E-state index in [-0.39, 0.29) is 5.91 Å². The second-order valence-corrected chi connectivity index (χ2v) is 2.17. The Hall–Kier alpha value is -0.860. The van der Waals surface area contributed by atoms with Crippen molar-refractivity contribution in [2.24, 2.45) is 5.73 Å². The van der Waals surface area contributed by atoms with Gasteiger partial charge < -0.3 is 5.73 Å². The number of primary amides is 1. The highest BCUT2D eigenvalue weighted by Gasteiger charge is 1.72. The molecule has 0 spiro atoms. The fourth-order valence-electron chi connectivity index (χ4n) is 0.365. The molecule has 0 radical (unpaired) electrons. The van der Waals surface area contributed by atoms with Gasteiger partial charge >= 0.3 is 0 Å². The second-order valence-electron chi connectivity index (χ2n) is 2.17. The van der Waals surface area contributed by atoms with Gasteiger partial charge in [0.2, 0.25) is 5.91 Å². The standard InChI is InChI=1S/C5H12N.C2H5NO.C2H6/c1-4-5-6(2)3;1-2(3)4;1-2/h5H,4H2,1-3H3;1H3,(H2,3,4);1-2H3/q+1;;/i1+1;3+1;1+1,2+1. The Kier molecular flexibility index (Phi) is 23.9. The molecule has 0 aliphatic carbocycles. The van der Waals surface area contributed by atoms with Gasteiger partial charge in [-0.25, -0.2) is 4.58 Å². The maximum Gasteiger partial charge on any atom is 0.214 e. The van der Waals surface area contributed by atoms with Gasteiger partial charge in [-0.3, -0.25) is 4.79 Å². The van der Waals surface area contributed by atoms with Gasteiger partial charge in [0.05, 0.1) is 0 Å². The van der Waals surface area contributed by atoms with Crippen molar-refractivity contribution < 1.29 is 9.37 Å². The first-order chi connectivity index (χ1) is 5.50. The van der Waals surface area contributed by atoms with Crippen LogP contribution in [0.25, 0.3) is 0 Å². The lowest BCUT2D eigenvalue weighted by Gasteiger charge is -1.76. The highest BCUT2D eigenvalue weighted by molar-refractivity contribution is 5.70. The largest absolute Gasteiger partial charge is 0.370 e. The molecule has 0 heterocycles. The quantitative estimate of drug-likeness (QED) is 0.280. The minimum absolute atomic E-state index is 0.333. The molecule has 0 atom stereocenters. The molecule has 0 saturated carbocycles. The van der Waals surface area contributed by atoms with Crippen LogP contribution in [0.4, 0.5) is 0 Å². The van der Waals surface area contributed by atoms with Gasteiger partial charge in [0.1, 0.15) is 20.3 Å². The lowest BCUT2D eigenvalue weighted by Crippen LogP contribution is -2.01. The molecule has 0 unspecified atom stereocenters. The van der Waals surface area contributed by atoms with Gasteiger partial charge in [-0.15, -0.1) is 0 Å². The zero-order valence-electron chi connectivity index (χ0n) is 9.22. The SMILES string of the molecule is CC([15NH2])=O.C[N+](C)=CC[13CH3].[13CH3][13CH3]. The van der Waals surface area contributed by atoms with Crippen molar-refractivity contribution in [2.75, 3.05) is 14.1 Å². The Balaban J connectivity index is -0.000000118. The normalized spacial score (nSPS) is 6.50. The number of hydrogen-bond donors (Lipinski definition) is 1. The average molecular weight is 179 g/mol. The fraction of sp³-hybridized carbons (Fsp3) is 0.778. The summed E-state index contributed by atoms with van der Waals surface area (Å²) in [5.41, 5.74) is 4.47. The van der Waals surface area contributed by atoms with Gasteiger partial charge in [0, 0.05) is 13.3 Å². The summed E-state index contributed by atoms with van der Waals surface area (Å²) in [4.78, 5) is 9.22. The summed E-state index contributed by atoms with van der Waals surface area (Å²) in [6, 6.07) is 0. The zero-order valence-corrected chi connectivity index (χ0v) is 9.22. The number of carbonyl (C=O) groups is 1. The second kappa shape index (κ2) is 16.6. The molecule has 0 saturated heterocycles. The first-order valence-electron chi connectivity index (χ1n) is 4.26. The Labute approximate surface area is 76.3 Å². The van der Waals surface area contributed by atoms with Crippen molar-refractivity contribution in [3.05, 3.63) is 0 Å². The molecular weight excluding hydrogens is 156 g/mol. The van der Waals surface area contributed by atoms with Crippen LogP contribution in [0, 0.1) is 0 Å². The average Bonchev–Trinajstić information content (AvgIpc) is 1.90. The number of hydrogen-bond acceptors (Lipinski definition) is 1. The Bertz CT molecular complexity index is 112. The van der Waals surface area contributed by atoms with Crippen LogP contribution in [0.15, 0.2) is 0 Å². The zero-order chi connectivity index (χ0) is 10.6. The van der Waals surface area contributed by atoms with E-state index in [1.54, 1.807) is 0 Å². The van der Waals surface area contributed by atoms with Crippen LogP contribution >= 0.6 is 0 Å². The van der Waals surface area contributed by atoms with Crippen molar-refractivity contribution in [3.63, 3.8) is 0 Å². The highest BCUT2D eigenvalue weighted by atomic mass is 16.2. The van der Waals surface area contributed by atoms with E-state index in [0.29, 0.717) is 0 Å². The van der Waals surface area contributed by atoms with Crippen LogP contribution in [0.1, 0.15) is 34.1 Å². The molecule has 0 bridgehead atoms. The van der Waals surface area contributed by atoms with E-state index in [9.17, 15) is 4.79 Å². The molecule has 0 rings (SSSR count). The van der Waals surface area contributed by atoms with Gasteiger partial charge in [0.25, 0.3) is 0 Å².